The molecule has 8 N–H and O–H groups in total. The lowest BCUT2D eigenvalue weighted by Crippen LogP contribution is -2.36. The van der Waals surface area contributed by atoms with Gasteiger partial charge >= 0.3 is 37.8 Å². The third kappa shape index (κ3) is 22.1. The van der Waals surface area contributed by atoms with Crippen LogP contribution in [0.5, 0.6) is 23.5 Å². The third-order valence-corrected chi connectivity index (χ3v) is 14.9. The van der Waals surface area contributed by atoms with E-state index in [9.17, 15) is 67.7 Å². The molecule has 39 heteroatoms. The summed E-state index contributed by atoms with van der Waals surface area (Å²) in [6.45, 7) is 2.69. The van der Waals surface area contributed by atoms with Gasteiger partial charge < -0.3 is 38.7 Å². The Bertz CT molecular complexity index is 3810. The summed E-state index contributed by atoms with van der Waals surface area (Å²) in [5.74, 6) is -1.05. The topological polar surface area (TPSA) is 429 Å². The molecule has 2 aliphatic rings. The fourth-order valence-electron chi connectivity index (χ4n) is 7.40. The lowest BCUT2D eigenvalue weighted by atomic mass is 9.93. The van der Waals surface area contributed by atoms with Crippen LogP contribution in [0.1, 0.15) is 60.8 Å². The van der Waals surface area contributed by atoms with Crippen LogP contribution < -0.4 is 49.2 Å². The number of halogens is 5. The number of pyridine rings is 1. The number of anilines is 3. The summed E-state index contributed by atoms with van der Waals surface area (Å²) < 4.78 is 135. The zero-order valence-electron chi connectivity index (χ0n) is 48.3. The standard InChI is InChI=1S/C18H15ClFNO3.C15H16F3N5O4S.C15H18N6O6S.C3H8NO5P/c1-3-10(2)24-16-9-15(14(20)8-13(16)19)21-17(22)11-6-4-5-7-12(11)18(21)23;1-9-19-12(22-14(20-9)27-2)21-13(24)23-28(25,26)11-6-4-3-5-10(11)7-8-15(16,17)18;1-21(2)13(22)9-6-5-7-16-12(9)28(24,25)20-15(23)19-14-17-10(26-3)8-11(18-14)27-4;5-3(6)1-4-2-10(7,8)9/h1,8-10H,4-7H2,2H3;3-6H,7-8H2,1-2H3,(H2,19,20,21,22,23,24);5-8H,1-4H3,(H2,17,18,19,20,23);4H,1-2H2,(H,5,6)(H2,7,8,9). The molecule has 1 aliphatic carbocycles. The molecule has 3 aromatic heterocycles. The van der Waals surface area contributed by atoms with Gasteiger partial charge in [-0.2, -0.15) is 46.5 Å². The molecule has 2 aromatic carbocycles. The van der Waals surface area contributed by atoms with Gasteiger partial charge in [0.2, 0.25) is 23.7 Å². The van der Waals surface area contributed by atoms with Crippen LogP contribution in [0.2, 0.25) is 5.02 Å². The number of carbonyl (C=O) groups is 6. The highest BCUT2D eigenvalue weighted by molar-refractivity contribution is 7.90. The van der Waals surface area contributed by atoms with Gasteiger partial charge in [-0.3, -0.25) is 39.7 Å². The molecular formula is C51H57ClF4N13O18PS2. The molecule has 90 heavy (non-hydrogen) atoms. The number of aliphatic carboxylic acids is 1. The second-order valence-corrected chi connectivity index (χ2v) is 23.6. The SMILES string of the molecule is C#CC(C)Oc1cc(N2C(=O)C3=C(CCCC3)C2=O)c(F)cc1Cl.COc1cc(OC)nc(NC(=O)NS(=O)(=O)c2ncccc2C(=O)N(C)C)n1.COc1nc(C)nc(NC(=O)NS(=O)(=O)c2ccccc2CCC(F)(F)F)n1.O=C(O)CNCP(=O)(O)O. The lowest BCUT2D eigenvalue weighted by molar-refractivity contribution is -0.136. The zero-order valence-corrected chi connectivity index (χ0v) is 51.6. The molecule has 0 saturated carbocycles. The number of nitrogens with zero attached hydrogens (tertiary/aromatic N) is 8. The van der Waals surface area contributed by atoms with Crippen LogP contribution in [0, 0.1) is 25.1 Å². The van der Waals surface area contributed by atoms with Crippen molar-refractivity contribution in [2.45, 2.75) is 74.6 Å². The number of alkyl halides is 3. The normalized spacial score (nSPS) is 13.2. The van der Waals surface area contributed by atoms with Crippen molar-refractivity contribution in [2.24, 2.45) is 0 Å². The number of carboxylic acid groups (broad SMARTS) is 1. The zero-order chi connectivity index (χ0) is 67.5. The van der Waals surface area contributed by atoms with Gasteiger partial charge in [0.05, 0.1) is 61.4 Å². The monoisotopic (exact) mass is 1350 g/mol. The number of terminal acetylenes is 1. The van der Waals surface area contributed by atoms with E-state index in [0.29, 0.717) is 24.0 Å². The minimum Gasteiger partial charge on any atom is -0.481 e. The summed E-state index contributed by atoms with van der Waals surface area (Å²) in [7, 11) is -6.09. The van der Waals surface area contributed by atoms with Crippen molar-refractivity contribution in [1.29, 1.82) is 0 Å². The quantitative estimate of drug-likeness (QED) is 0.0240. The Hall–Kier alpha value is -9.18. The predicted molar refractivity (Wildman–Crippen MR) is 309 cm³/mol. The highest BCUT2D eigenvalue weighted by Gasteiger charge is 2.41. The fourth-order valence-corrected chi connectivity index (χ4v) is 10.2. The van der Waals surface area contributed by atoms with Gasteiger partial charge in [-0.15, -0.1) is 6.42 Å². The molecule has 1 aliphatic heterocycles. The van der Waals surface area contributed by atoms with Gasteiger partial charge in [-0.1, -0.05) is 35.7 Å². The van der Waals surface area contributed by atoms with E-state index in [1.807, 2.05) is 0 Å². The summed E-state index contributed by atoms with van der Waals surface area (Å²) in [4.78, 5) is 112. The Kier molecular flexibility index (Phi) is 26.3. The van der Waals surface area contributed by atoms with E-state index in [-0.39, 0.29) is 63.1 Å². The average Bonchev–Trinajstić information content (AvgIpc) is 1.60. The van der Waals surface area contributed by atoms with Gasteiger partial charge in [-0.25, -0.2) is 41.7 Å². The average molecular weight is 1350 g/mol. The Morgan fingerprint density at radius 2 is 1.41 bits per heavy atom. The van der Waals surface area contributed by atoms with Crippen LogP contribution in [0.15, 0.2) is 81.9 Å². The number of aryl methyl sites for hydroxylation is 2. The number of imide groups is 1. The van der Waals surface area contributed by atoms with Gasteiger partial charge in [0.15, 0.2) is 11.1 Å². The van der Waals surface area contributed by atoms with Crippen molar-refractivity contribution < 1.29 is 102 Å². The number of methoxy groups -OCH3 is 3. The number of ether oxygens (including phenoxy) is 4. The van der Waals surface area contributed by atoms with E-state index >= 15 is 0 Å². The van der Waals surface area contributed by atoms with Crippen molar-refractivity contribution in [2.75, 3.05) is 63.8 Å². The molecule has 7 amide bonds. The van der Waals surface area contributed by atoms with Crippen molar-refractivity contribution in [3.05, 3.63) is 99.7 Å². The number of carboxylic acids is 1. The molecule has 7 rings (SSSR count). The summed E-state index contributed by atoms with van der Waals surface area (Å²) >= 11 is 5.97. The van der Waals surface area contributed by atoms with Gasteiger partial charge in [-0.05, 0) is 75.8 Å². The maximum atomic E-state index is 14.4. The van der Waals surface area contributed by atoms with Crippen LogP contribution >= 0.6 is 19.2 Å². The maximum absolute atomic E-state index is 14.4. The number of carbonyl (C=O) groups excluding carboxylic acids is 5. The number of benzene rings is 2. The molecule has 5 aromatic rings. The molecule has 1 unspecified atom stereocenters. The predicted octanol–water partition coefficient (Wildman–Crippen LogP) is 4.71. The molecule has 0 saturated heterocycles. The number of hydrogen-bond acceptors (Lipinski definition) is 22. The minimum absolute atomic E-state index is 0.0233. The highest BCUT2D eigenvalue weighted by atomic mass is 35.5. The summed E-state index contributed by atoms with van der Waals surface area (Å²) in [5, 5.41) is 13.8. The second kappa shape index (κ2) is 32.3. The number of amides is 7. The number of sulfonamides is 2. The van der Waals surface area contributed by atoms with Crippen LogP contribution in [0.3, 0.4) is 0 Å². The first kappa shape index (κ1) is 73.3. The fraction of sp³-hybridized carbons (Fsp3) is 0.333. The first-order chi connectivity index (χ1) is 42.0. The van der Waals surface area contributed by atoms with Crippen molar-refractivity contribution >= 4 is 92.6 Å². The molecule has 4 heterocycles. The van der Waals surface area contributed by atoms with E-state index in [4.69, 9.17) is 51.9 Å². The van der Waals surface area contributed by atoms with E-state index in [2.05, 4.69) is 51.8 Å². The smallest absolute Gasteiger partial charge is 0.389 e. The molecule has 0 spiro atoms. The lowest BCUT2D eigenvalue weighted by Gasteiger charge is -2.19. The molecular weight excluding hydrogens is 1290 g/mol. The Balaban J connectivity index is 0.000000268. The minimum atomic E-state index is -4.46. The van der Waals surface area contributed by atoms with E-state index in [1.165, 1.54) is 95.9 Å². The number of rotatable bonds is 19. The number of urea groups is 2. The summed E-state index contributed by atoms with van der Waals surface area (Å²) in [6.07, 6.45) is 1.87. The first-order valence-electron chi connectivity index (χ1n) is 25.5. The number of nitrogens with one attached hydrogen (secondary N) is 5. The van der Waals surface area contributed by atoms with Crippen LogP contribution in [0.25, 0.3) is 0 Å². The molecule has 31 nitrogen and oxygen atoms in total. The van der Waals surface area contributed by atoms with Crippen molar-refractivity contribution in [1.82, 2.24) is 49.6 Å². The summed E-state index contributed by atoms with van der Waals surface area (Å²) in [5.41, 5.74) is 0.549. The Morgan fingerprint density at radius 3 is 1.93 bits per heavy atom. The maximum Gasteiger partial charge on any atom is 0.389 e. The van der Waals surface area contributed by atoms with E-state index in [0.717, 1.165) is 29.9 Å². The number of aromatic nitrogens is 6. The van der Waals surface area contributed by atoms with Gasteiger partial charge in [0, 0.05) is 43.9 Å². The van der Waals surface area contributed by atoms with E-state index < -0.39 is 117 Å². The van der Waals surface area contributed by atoms with E-state index in [1.54, 1.807) is 16.4 Å². The largest absolute Gasteiger partial charge is 0.481 e. The van der Waals surface area contributed by atoms with Crippen LogP contribution in [-0.2, 0) is 45.4 Å². The second-order valence-electron chi connectivity index (χ2n) is 18.3. The third-order valence-electron chi connectivity index (χ3n) is 11.3. The van der Waals surface area contributed by atoms with Gasteiger partial charge in [0.1, 0.15) is 17.4 Å². The van der Waals surface area contributed by atoms with Crippen molar-refractivity contribution in [3.63, 3.8) is 0 Å². The molecule has 486 valence electrons. The first-order valence-corrected chi connectivity index (χ1v) is 30.6. The molecule has 0 fully saturated rings. The van der Waals surface area contributed by atoms with Crippen LogP contribution in [0.4, 0.5) is 44.7 Å². The molecule has 1 atom stereocenters. The summed E-state index contributed by atoms with van der Waals surface area (Å²) in [6, 6.07) is 8.99. The van der Waals surface area contributed by atoms with Gasteiger partial charge in [0.25, 0.3) is 37.8 Å². The Morgan fingerprint density at radius 1 is 0.844 bits per heavy atom. The number of hydrogen-bond donors (Lipinski definition) is 8. The highest BCUT2D eigenvalue weighted by Crippen LogP contribution is 2.40. The molecule has 0 radical (unpaired) electrons. The molecule has 0 bridgehead atoms. The van der Waals surface area contributed by atoms with Crippen molar-refractivity contribution in [3.8, 4) is 35.9 Å². The van der Waals surface area contributed by atoms with Crippen LogP contribution in [-0.4, -0.2) is 163 Å². The Labute approximate surface area is 515 Å².